The molecule has 0 bridgehead atoms. The molecular weight excluding hydrogens is 227 g/mol. The molecule has 0 radical (unpaired) electrons. The van der Waals surface area contributed by atoms with Crippen molar-refractivity contribution in [3.05, 3.63) is 0 Å². The summed E-state index contributed by atoms with van der Waals surface area (Å²) in [5.74, 6) is -0.835. The third-order valence-electron chi connectivity index (χ3n) is 3.19. The lowest BCUT2D eigenvalue weighted by Gasteiger charge is -2.40. The fourth-order valence-corrected chi connectivity index (χ4v) is 2.23. The molecule has 1 atom stereocenters. The maximum absolute atomic E-state index is 13.9. The highest BCUT2D eigenvalue weighted by Gasteiger charge is 2.47. The zero-order chi connectivity index (χ0) is 12.5. The van der Waals surface area contributed by atoms with Gasteiger partial charge in [0.2, 0.25) is 5.67 Å². The van der Waals surface area contributed by atoms with Gasteiger partial charge in [-0.1, -0.05) is 0 Å². The molecule has 1 N–H and O–H groups in total. The molecule has 1 unspecified atom stereocenters. The van der Waals surface area contributed by atoms with Gasteiger partial charge in [-0.3, -0.25) is 9.59 Å². The van der Waals surface area contributed by atoms with Crippen LogP contribution in [0.1, 0.15) is 19.8 Å². The average molecular weight is 244 g/mol. The van der Waals surface area contributed by atoms with E-state index in [9.17, 15) is 14.0 Å². The van der Waals surface area contributed by atoms with Crippen LogP contribution in [0, 0.1) is 0 Å². The molecule has 0 aromatic carbocycles. The number of esters is 1. The second-order valence-electron chi connectivity index (χ2n) is 4.69. The van der Waals surface area contributed by atoms with E-state index in [1.807, 2.05) is 0 Å². The topological polar surface area (TPSA) is 58.6 Å². The van der Waals surface area contributed by atoms with Crippen molar-refractivity contribution >= 4 is 11.9 Å². The van der Waals surface area contributed by atoms with E-state index in [2.05, 4.69) is 5.32 Å². The molecule has 6 heteroatoms. The maximum Gasteiger partial charge on any atom is 0.302 e. The predicted molar refractivity (Wildman–Crippen MR) is 58.1 cm³/mol. The number of likely N-dealkylation sites (tertiary alicyclic amines) is 1. The van der Waals surface area contributed by atoms with Gasteiger partial charge < -0.3 is 15.0 Å². The second-order valence-corrected chi connectivity index (χ2v) is 4.69. The van der Waals surface area contributed by atoms with Crippen molar-refractivity contribution in [3.63, 3.8) is 0 Å². The fourth-order valence-electron chi connectivity index (χ4n) is 2.23. The predicted octanol–water partition coefficient (Wildman–Crippen LogP) is -0.148. The Morgan fingerprint density at radius 1 is 1.47 bits per heavy atom. The molecular formula is C11H17FN2O3. The Labute approximate surface area is 99.3 Å². The van der Waals surface area contributed by atoms with Crippen LogP contribution in [-0.2, 0) is 14.3 Å². The number of hydrogen-bond donors (Lipinski definition) is 1. The van der Waals surface area contributed by atoms with Crippen molar-refractivity contribution in [2.45, 2.75) is 31.5 Å². The molecule has 2 rings (SSSR count). The van der Waals surface area contributed by atoms with E-state index in [4.69, 9.17) is 4.74 Å². The molecule has 2 saturated heterocycles. The minimum atomic E-state index is -1.75. The van der Waals surface area contributed by atoms with Gasteiger partial charge in [-0.25, -0.2) is 4.39 Å². The Hall–Kier alpha value is -1.17. The van der Waals surface area contributed by atoms with Crippen molar-refractivity contribution in [2.24, 2.45) is 0 Å². The van der Waals surface area contributed by atoms with E-state index in [0.717, 1.165) is 12.8 Å². The number of ether oxygens (including phenoxy) is 1. The first-order valence-corrected chi connectivity index (χ1v) is 5.87. The van der Waals surface area contributed by atoms with Crippen LogP contribution >= 0.6 is 0 Å². The molecule has 0 spiro atoms. The Balaban J connectivity index is 1.92. The SMILES string of the molecule is CC(=O)OC1CCCN(C(=O)C2(F)CNC2)C1. The van der Waals surface area contributed by atoms with Crippen molar-refractivity contribution < 1.29 is 18.7 Å². The lowest BCUT2D eigenvalue weighted by molar-refractivity contribution is -0.158. The first-order chi connectivity index (χ1) is 8.01. The van der Waals surface area contributed by atoms with E-state index >= 15 is 0 Å². The number of amides is 1. The number of rotatable bonds is 2. The maximum atomic E-state index is 13.9. The monoisotopic (exact) mass is 244 g/mol. The van der Waals surface area contributed by atoms with Crippen LogP contribution in [0.4, 0.5) is 4.39 Å². The normalized spacial score (nSPS) is 27.2. The summed E-state index contributed by atoms with van der Waals surface area (Å²) in [5, 5.41) is 2.76. The molecule has 2 heterocycles. The van der Waals surface area contributed by atoms with Gasteiger partial charge in [-0.15, -0.1) is 0 Å². The van der Waals surface area contributed by atoms with E-state index in [-0.39, 0.29) is 25.2 Å². The van der Waals surface area contributed by atoms with Gasteiger partial charge in [0.25, 0.3) is 5.91 Å². The molecule has 0 aliphatic carbocycles. The summed E-state index contributed by atoms with van der Waals surface area (Å²) in [4.78, 5) is 24.2. The number of hydrogen-bond acceptors (Lipinski definition) is 4. The third-order valence-corrected chi connectivity index (χ3v) is 3.19. The number of piperidine rings is 1. The van der Waals surface area contributed by atoms with Crippen molar-refractivity contribution in [1.29, 1.82) is 0 Å². The average Bonchev–Trinajstić information content (AvgIpc) is 2.24. The van der Waals surface area contributed by atoms with Crippen molar-refractivity contribution in [1.82, 2.24) is 10.2 Å². The first-order valence-electron chi connectivity index (χ1n) is 5.87. The lowest BCUT2D eigenvalue weighted by atomic mass is 9.96. The van der Waals surface area contributed by atoms with Gasteiger partial charge in [0.05, 0.1) is 6.54 Å². The Morgan fingerprint density at radius 2 is 2.18 bits per heavy atom. The third kappa shape index (κ3) is 2.57. The standard InChI is InChI=1S/C11H17FN2O3/c1-8(15)17-9-3-2-4-14(5-9)10(16)11(12)6-13-7-11/h9,13H,2-7H2,1H3. The van der Waals surface area contributed by atoms with Crippen LogP contribution in [0.15, 0.2) is 0 Å². The van der Waals surface area contributed by atoms with E-state index in [1.54, 1.807) is 0 Å². The molecule has 0 saturated carbocycles. The largest absolute Gasteiger partial charge is 0.461 e. The highest BCUT2D eigenvalue weighted by Crippen LogP contribution is 2.23. The Morgan fingerprint density at radius 3 is 2.71 bits per heavy atom. The van der Waals surface area contributed by atoms with Crippen molar-refractivity contribution in [2.75, 3.05) is 26.2 Å². The number of alkyl halides is 1. The number of halogens is 1. The molecule has 96 valence electrons. The van der Waals surface area contributed by atoms with Gasteiger partial charge >= 0.3 is 5.97 Å². The molecule has 0 aromatic heterocycles. The van der Waals surface area contributed by atoms with Crippen LogP contribution in [-0.4, -0.2) is 54.7 Å². The molecule has 5 nitrogen and oxygen atoms in total. The Kier molecular flexibility index (Phi) is 3.33. The summed E-state index contributed by atoms with van der Waals surface area (Å²) in [7, 11) is 0. The van der Waals surface area contributed by atoms with Crippen LogP contribution in [0.2, 0.25) is 0 Å². The highest BCUT2D eigenvalue weighted by molar-refractivity contribution is 5.87. The fraction of sp³-hybridized carbons (Fsp3) is 0.818. The van der Waals surface area contributed by atoms with Crippen LogP contribution < -0.4 is 5.32 Å². The van der Waals surface area contributed by atoms with Gasteiger partial charge in [0.15, 0.2) is 0 Å². The summed E-state index contributed by atoms with van der Waals surface area (Å²) in [5.41, 5.74) is -1.75. The molecule has 2 fully saturated rings. The molecule has 2 aliphatic heterocycles. The van der Waals surface area contributed by atoms with Crippen LogP contribution in [0.25, 0.3) is 0 Å². The minimum absolute atomic E-state index is 0.0839. The van der Waals surface area contributed by atoms with Crippen molar-refractivity contribution in [3.8, 4) is 0 Å². The number of carbonyl (C=O) groups excluding carboxylic acids is 2. The van der Waals surface area contributed by atoms with Gasteiger partial charge in [0.1, 0.15) is 6.10 Å². The van der Waals surface area contributed by atoms with Crippen LogP contribution in [0.5, 0.6) is 0 Å². The zero-order valence-electron chi connectivity index (χ0n) is 9.87. The highest BCUT2D eigenvalue weighted by atomic mass is 19.1. The van der Waals surface area contributed by atoms with Gasteiger partial charge in [0, 0.05) is 26.6 Å². The summed E-state index contributed by atoms with van der Waals surface area (Å²) in [6.45, 7) is 2.36. The summed E-state index contributed by atoms with van der Waals surface area (Å²) in [6.07, 6.45) is 1.19. The molecule has 2 aliphatic rings. The summed E-state index contributed by atoms with van der Waals surface area (Å²) < 4.78 is 19.0. The number of nitrogens with one attached hydrogen (secondary N) is 1. The lowest BCUT2D eigenvalue weighted by Crippen LogP contribution is -2.66. The molecule has 0 aromatic rings. The zero-order valence-corrected chi connectivity index (χ0v) is 9.87. The van der Waals surface area contributed by atoms with E-state index in [0.29, 0.717) is 13.1 Å². The molecule has 1 amide bonds. The number of carbonyl (C=O) groups is 2. The second kappa shape index (κ2) is 4.60. The first kappa shape index (κ1) is 12.3. The van der Waals surface area contributed by atoms with E-state index < -0.39 is 11.6 Å². The number of nitrogens with zero attached hydrogens (tertiary/aromatic N) is 1. The summed E-state index contributed by atoms with van der Waals surface area (Å²) >= 11 is 0. The molecule has 17 heavy (non-hydrogen) atoms. The quantitative estimate of drug-likeness (QED) is 0.686. The summed E-state index contributed by atoms with van der Waals surface area (Å²) in [6, 6.07) is 0. The van der Waals surface area contributed by atoms with Gasteiger partial charge in [-0.2, -0.15) is 0 Å². The van der Waals surface area contributed by atoms with Crippen LogP contribution in [0.3, 0.4) is 0 Å². The van der Waals surface area contributed by atoms with E-state index in [1.165, 1.54) is 11.8 Å². The Bertz CT molecular complexity index is 331. The minimum Gasteiger partial charge on any atom is -0.461 e. The van der Waals surface area contributed by atoms with Gasteiger partial charge in [-0.05, 0) is 12.8 Å². The smallest absolute Gasteiger partial charge is 0.302 e.